The lowest BCUT2D eigenvalue weighted by Crippen LogP contribution is -2.48. The fourth-order valence-electron chi connectivity index (χ4n) is 1.79. The Morgan fingerprint density at radius 2 is 2.00 bits per heavy atom. The highest BCUT2D eigenvalue weighted by Crippen LogP contribution is 2.27. The molecule has 0 amide bonds. The number of hydrogen-bond acceptors (Lipinski definition) is 2. The number of rotatable bonds is 5. The molecule has 1 N–H and O–H groups in total. The third kappa shape index (κ3) is 3.65. The molecule has 1 aliphatic carbocycles. The van der Waals surface area contributed by atoms with E-state index in [2.05, 4.69) is 0 Å². The summed E-state index contributed by atoms with van der Waals surface area (Å²) in [5, 5.41) is 8.98. The molecule has 1 saturated carbocycles. The third-order valence-electron chi connectivity index (χ3n) is 2.89. The van der Waals surface area contributed by atoms with E-state index in [9.17, 15) is 13.2 Å². The predicted molar refractivity (Wildman–Crippen MR) is 51.6 cm³/mol. The van der Waals surface area contributed by atoms with Gasteiger partial charge in [-0.25, -0.2) is 0 Å². The van der Waals surface area contributed by atoms with Crippen molar-refractivity contribution in [3.63, 3.8) is 0 Å². The summed E-state index contributed by atoms with van der Waals surface area (Å²) < 4.78 is 36.5. The fourth-order valence-corrected chi connectivity index (χ4v) is 1.79. The fraction of sp³-hybridized carbons (Fsp3) is 1.00. The maximum absolute atomic E-state index is 12.2. The Morgan fingerprint density at radius 1 is 1.40 bits per heavy atom. The van der Waals surface area contributed by atoms with Crippen molar-refractivity contribution < 1.29 is 18.3 Å². The number of aliphatic hydroxyl groups is 1. The van der Waals surface area contributed by atoms with Gasteiger partial charge in [-0.05, 0) is 25.8 Å². The van der Waals surface area contributed by atoms with E-state index in [1.54, 1.807) is 4.90 Å². The van der Waals surface area contributed by atoms with E-state index in [0.29, 0.717) is 6.54 Å². The van der Waals surface area contributed by atoms with Crippen molar-refractivity contribution in [2.45, 2.75) is 50.9 Å². The molecule has 0 aromatic rings. The zero-order chi connectivity index (χ0) is 11.5. The van der Waals surface area contributed by atoms with Crippen molar-refractivity contribution >= 4 is 0 Å². The predicted octanol–water partition coefficient (Wildman–Crippen LogP) is 2.17. The molecule has 0 aromatic heterocycles. The van der Waals surface area contributed by atoms with Crippen LogP contribution in [-0.2, 0) is 0 Å². The summed E-state index contributed by atoms with van der Waals surface area (Å²) in [5.41, 5.74) is 0. The highest BCUT2D eigenvalue weighted by molar-refractivity contribution is 4.82. The maximum atomic E-state index is 12.2. The lowest BCUT2D eigenvalue weighted by Gasteiger charge is -2.38. The Morgan fingerprint density at radius 3 is 2.33 bits per heavy atom. The van der Waals surface area contributed by atoms with Gasteiger partial charge in [0.15, 0.2) is 6.10 Å². The monoisotopic (exact) mass is 225 g/mol. The second-order valence-corrected chi connectivity index (χ2v) is 4.14. The van der Waals surface area contributed by atoms with Gasteiger partial charge in [0.25, 0.3) is 0 Å². The van der Waals surface area contributed by atoms with Gasteiger partial charge < -0.3 is 5.11 Å². The van der Waals surface area contributed by atoms with Gasteiger partial charge in [0.2, 0.25) is 0 Å². The Kier molecular flexibility index (Phi) is 4.40. The lowest BCUT2D eigenvalue weighted by atomic mass is 9.91. The molecule has 1 fully saturated rings. The number of hydrogen-bond donors (Lipinski definition) is 1. The third-order valence-corrected chi connectivity index (χ3v) is 2.89. The molecule has 0 aliphatic heterocycles. The van der Waals surface area contributed by atoms with Crippen LogP contribution in [0.25, 0.3) is 0 Å². The topological polar surface area (TPSA) is 23.5 Å². The van der Waals surface area contributed by atoms with Crippen LogP contribution in [0.15, 0.2) is 0 Å². The van der Waals surface area contributed by atoms with Gasteiger partial charge in [-0.2, -0.15) is 13.2 Å². The van der Waals surface area contributed by atoms with Crippen molar-refractivity contribution in [3.8, 4) is 0 Å². The molecule has 1 rings (SSSR count). The number of nitrogens with zero attached hydrogens (tertiary/aromatic N) is 1. The van der Waals surface area contributed by atoms with E-state index in [1.165, 1.54) is 0 Å². The lowest BCUT2D eigenvalue weighted by molar-refractivity contribution is -0.210. The van der Waals surface area contributed by atoms with Crippen LogP contribution in [0.1, 0.15) is 32.6 Å². The molecule has 0 bridgehead atoms. The Balaban J connectivity index is 2.42. The second kappa shape index (κ2) is 5.16. The molecule has 15 heavy (non-hydrogen) atoms. The quantitative estimate of drug-likeness (QED) is 0.775. The van der Waals surface area contributed by atoms with E-state index in [-0.39, 0.29) is 12.6 Å². The van der Waals surface area contributed by atoms with Crippen LogP contribution in [0.2, 0.25) is 0 Å². The average Bonchev–Trinajstić information content (AvgIpc) is 1.99. The van der Waals surface area contributed by atoms with Crippen molar-refractivity contribution in [1.82, 2.24) is 4.90 Å². The Bertz CT molecular complexity index is 192. The molecule has 2 nitrogen and oxygen atoms in total. The normalized spacial score (nSPS) is 20.4. The smallest absolute Gasteiger partial charge is 0.382 e. The first-order valence-corrected chi connectivity index (χ1v) is 5.44. The van der Waals surface area contributed by atoms with Crippen LogP contribution in [0.3, 0.4) is 0 Å². The van der Waals surface area contributed by atoms with E-state index in [0.717, 1.165) is 25.7 Å². The first-order chi connectivity index (χ1) is 6.95. The van der Waals surface area contributed by atoms with Gasteiger partial charge in [0, 0.05) is 12.6 Å². The Hall–Kier alpha value is -0.290. The summed E-state index contributed by atoms with van der Waals surface area (Å²) in [4.78, 5) is 1.77. The molecule has 0 spiro atoms. The molecule has 1 atom stereocenters. The molecule has 1 aliphatic rings. The summed E-state index contributed by atoms with van der Waals surface area (Å²) in [7, 11) is 0. The molecule has 0 radical (unpaired) electrons. The zero-order valence-corrected chi connectivity index (χ0v) is 8.93. The van der Waals surface area contributed by atoms with Crippen molar-refractivity contribution in [2.75, 3.05) is 13.1 Å². The van der Waals surface area contributed by atoms with Gasteiger partial charge in [0.1, 0.15) is 0 Å². The van der Waals surface area contributed by atoms with Crippen LogP contribution in [0, 0.1) is 0 Å². The maximum Gasteiger partial charge on any atom is 0.415 e. The summed E-state index contributed by atoms with van der Waals surface area (Å²) in [6.07, 6.45) is -2.86. The van der Waals surface area contributed by atoms with Crippen LogP contribution in [-0.4, -0.2) is 41.4 Å². The van der Waals surface area contributed by atoms with Gasteiger partial charge in [-0.3, -0.25) is 4.90 Å². The van der Waals surface area contributed by atoms with E-state index in [4.69, 9.17) is 5.11 Å². The van der Waals surface area contributed by atoms with Crippen molar-refractivity contribution in [1.29, 1.82) is 0 Å². The molecule has 0 aromatic carbocycles. The zero-order valence-electron chi connectivity index (χ0n) is 8.93. The van der Waals surface area contributed by atoms with Crippen LogP contribution in [0.5, 0.6) is 0 Å². The second-order valence-electron chi connectivity index (χ2n) is 4.14. The van der Waals surface area contributed by atoms with Gasteiger partial charge in [-0.15, -0.1) is 0 Å². The first kappa shape index (κ1) is 12.8. The largest absolute Gasteiger partial charge is 0.415 e. The minimum absolute atomic E-state index is 0.252. The van der Waals surface area contributed by atoms with Crippen LogP contribution < -0.4 is 0 Å². The SMILES string of the molecule is CCCN(CC(O)C(F)(F)F)C1CCC1. The minimum atomic E-state index is -4.49. The molecular formula is C10H18F3NO. The van der Waals surface area contributed by atoms with Crippen LogP contribution in [0.4, 0.5) is 13.2 Å². The van der Waals surface area contributed by atoms with Crippen molar-refractivity contribution in [2.24, 2.45) is 0 Å². The minimum Gasteiger partial charge on any atom is -0.382 e. The molecular weight excluding hydrogens is 207 g/mol. The molecule has 90 valence electrons. The van der Waals surface area contributed by atoms with Gasteiger partial charge in [0.05, 0.1) is 0 Å². The van der Waals surface area contributed by atoms with E-state index < -0.39 is 12.3 Å². The summed E-state index contributed by atoms with van der Waals surface area (Å²) >= 11 is 0. The van der Waals surface area contributed by atoms with Crippen molar-refractivity contribution in [3.05, 3.63) is 0 Å². The number of halogens is 3. The number of aliphatic hydroxyl groups excluding tert-OH is 1. The van der Waals surface area contributed by atoms with E-state index >= 15 is 0 Å². The number of alkyl halides is 3. The summed E-state index contributed by atoms with van der Waals surface area (Å²) in [6.45, 7) is 2.30. The van der Waals surface area contributed by atoms with Gasteiger partial charge in [-0.1, -0.05) is 13.3 Å². The summed E-state index contributed by atoms with van der Waals surface area (Å²) in [5.74, 6) is 0. The highest BCUT2D eigenvalue weighted by atomic mass is 19.4. The van der Waals surface area contributed by atoms with Gasteiger partial charge >= 0.3 is 6.18 Å². The highest BCUT2D eigenvalue weighted by Gasteiger charge is 2.40. The standard InChI is InChI=1S/C10H18F3NO/c1-2-6-14(8-4-3-5-8)7-9(15)10(11,12)13/h8-9,15H,2-7H2,1H3. The molecule has 0 saturated heterocycles. The Labute approximate surface area is 88.1 Å². The van der Waals surface area contributed by atoms with E-state index in [1.807, 2.05) is 6.92 Å². The molecule has 5 heteroatoms. The first-order valence-electron chi connectivity index (χ1n) is 5.44. The average molecular weight is 225 g/mol. The summed E-state index contributed by atoms with van der Waals surface area (Å²) in [6, 6.07) is 0.252. The van der Waals surface area contributed by atoms with Crippen LogP contribution >= 0.6 is 0 Å². The molecule has 0 heterocycles. The molecule has 1 unspecified atom stereocenters.